The van der Waals surface area contributed by atoms with E-state index in [1.165, 1.54) is 7.11 Å². The van der Waals surface area contributed by atoms with E-state index in [0.717, 1.165) is 10.9 Å². The van der Waals surface area contributed by atoms with E-state index in [2.05, 4.69) is 10.4 Å². The topological polar surface area (TPSA) is 116 Å². The lowest BCUT2D eigenvalue weighted by atomic mass is 10.3. The first-order valence-corrected chi connectivity index (χ1v) is 6.02. The Hall–Kier alpha value is -2.16. The molecule has 110 valence electrons. The Bertz CT molecular complexity index is 516. The van der Waals surface area contributed by atoms with E-state index < -0.39 is 10.2 Å². The van der Waals surface area contributed by atoms with E-state index in [1.54, 1.807) is 0 Å². The van der Waals surface area contributed by atoms with Crippen LogP contribution in [-0.4, -0.2) is 39.5 Å². The minimum absolute atomic E-state index is 0.157. The number of nitrogens with one attached hydrogen (secondary N) is 1. The van der Waals surface area contributed by atoms with Crippen LogP contribution in [0, 0.1) is 10.1 Å². The molecule has 0 aliphatic rings. The second-order valence-electron chi connectivity index (χ2n) is 3.79. The number of rotatable bonds is 8. The molecule has 0 aliphatic heterocycles. The molecule has 0 radical (unpaired) electrons. The molecule has 0 atom stereocenters. The van der Waals surface area contributed by atoms with Crippen molar-refractivity contribution >= 4 is 28.4 Å². The fraction of sp³-hybridized carbons (Fsp3) is 0.500. The Morgan fingerprint density at radius 1 is 1.60 bits per heavy atom. The summed E-state index contributed by atoms with van der Waals surface area (Å²) in [5.74, 6) is -0.539. The van der Waals surface area contributed by atoms with Gasteiger partial charge in [0.25, 0.3) is 0 Å². The molecule has 1 aromatic rings. The first-order valence-electron chi connectivity index (χ1n) is 5.65. The molecule has 0 spiro atoms. The quantitative estimate of drug-likeness (QED) is 0.323. The molecule has 10 heteroatoms. The second-order valence-corrected chi connectivity index (χ2v) is 4.21. The number of amides is 1. The van der Waals surface area contributed by atoms with Crippen LogP contribution in [0.1, 0.15) is 12.8 Å². The van der Waals surface area contributed by atoms with E-state index >= 15 is 0 Å². The Morgan fingerprint density at radius 2 is 2.30 bits per heavy atom. The molecule has 0 aliphatic carbocycles. The van der Waals surface area contributed by atoms with Gasteiger partial charge in [-0.2, -0.15) is 0 Å². The van der Waals surface area contributed by atoms with Crippen LogP contribution in [0.3, 0.4) is 0 Å². The van der Waals surface area contributed by atoms with E-state index in [0.29, 0.717) is 6.42 Å². The first kappa shape index (κ1) is 15.9. The molecule has 0 bridgehead atoms. The van der Waals surface area contributed by atoms with Gasteiger partial charge in [0.2, 0.25) is 11.1 Å². The van der Waals surface area contributed by atoms with Crippen molar-refractivity contribution in [3.63, 3.8) is 0 Å². The monoisotopic (exact) mass is 304 g/mol. The number of carbonyl (C=O) groups is 2. The highest BCUT2D eigenvalue weighted by molar-refractivity contribution is 6.63. The molecule has 1 rings (SSSR count). The molecule has 1 heterocycles. The van der Waals surface area contributed by atoms with Crippen molar-refractivity contribution < 1.29 is 19.2 Å². The van der Waals surface area contributed by atoms with Crippen LogP contribution in [0.25, 0.3) is 0 Å². The Kier molecular flexibility index (Phi) is 5.91. The maximum Gasteiger partial charge on any atom is 0.350 e. The van der Waals surface area contributed by atoms with Crippen LogP contribution in [0.2, 0.25) is 0 Å². The van der Waals surface area contributed by atoms with Crippen molar-refractivity contribution in [1.29, 1.82) is 0 Å². The average molecular weight is 305 g/mol. The molecule has 0 fully saturated rings. The third kappa shape index (κ3) is 4.84. The van der Waals surface area contributed by atoms with Gasteiger partial charge >= 0.3 is 11.6 Å². The summed E-state index contributed by atoms with van der Waals surface area (Å²) >= 11 is 5.15. The summed E-state index contributed by atoms with van der Waals surface area (Å²) < 4.78 is 5.85. The maximum absolute atomic E-state index is 11.5. The Balaban J connectivity index is 2.49. The summed E-state index contributed by atoms with van der Waals surface area (Å²) in [6.45, 7) is 0.108. The zero-order valence-electron chi connectivity index (χ0n) is 10.7. The molecule has 1 aromatic heterocycles. The van der Waals surface area contributed by atoms with Crippen LogP contribution in [0.5, 0.6) is 5.88 Å². The highest BCUT2D eigenvalue weighted by atomic mass is 35.5. The van der Waals surface area contributed by atoms with Crippen LogP contribution in [0.15, 0.2) is 6.20 Å². The number of methoxy groups -OCH3 is 1. The molecular formula is C10H13ClN4O5. The lowest BCUT2D eigenvalue weighted by Gasteiger charge is -2.03. The minimum Gasteiger partial charge on any atom is -0.475 e. The SMILES string of the molecule is COc1nn(CC(=O)NCCCC(=O)Cl)cc1[N+](=O)[O-]. The maximum atomic E-state index is 11.5. The normalized spacial score (nSPS) is 10.1. The van der Waals surface area contributed by atoms with Gasteiger partial charge in [-0.05, 0) is 18.0 Å². The molecular weight excluding hydrogens is 292 g/mol. The molecule has 1 amide bonds. The molecule has 1 N–H and O–H groups in total. The van der Waals surface area contributed by atoms with E-state index in [1.807, 2.05) is 0 Å². The van der Waals surface area contributed by atoms with Gasteiger partial charge in [-0.25, -0.2) is 0 Å². The number of nitro groups is 1. The third-order valence-corrected chi connectivity index (χ3v) is 2.47. The smallest absolute Gasteiger partial charge is 0.350 e. The Labute approximate surface area is 119 Å². The van der Waals surface area contributed by atoms with Gasteiger partial charge in [0.15, 0.2) is 0 Å². The van der Waals surface area contributed by atoms with E-state index in [-0.39, 0.29) is 37.0 Å². The number of ether oxygens (including phenoxy) is 1. The Morgan fingerprint density at radius 3 is 2.80 bits per heavy atom. The summed E-state index contributed by atoms with van der Waals surface area (Å²) in [5.41, 5.74) is -0.312. The number of carbonyl (C=O) groups excluding carboxylic acids is 2. The predicted molar refractivity (Wildman–Crippen MR) is 68.5 cm³/mol. The van der Waals surface area contributed by atoms with Crippen molar-refractivity contribution in [3.05, 3.63) is 16.3 Å². The summed E-state index contributed by atoms with van der Waals surface area (Å²) in [6, 6.07) is 0. The zero-order chi connectivity index (χ0) is 15.1. The average Bonchev–Trinajstić information content (AvgIpc) is 2.77. The third-order valence-electron chi connectivity index (χ3n) is 2.28. The summed E-state index contributed by atoms with van der Waals surface area (Å²) in [6.07, 6.45) is 1.71. The molecule has 0 saturated carbocycles. The fourth-order valence-corrected chi connectivity index (χ4v) is 1.54. The zero-order valence-corrected chi connectivity index (χ0v) is 11.4. The molecule has 20 heavy (non-hydrogen) atoms. The van der Waals surface area contributed by atoms with Crippen LogP contribution in [-0.2, 0) is 16.1 Å². The lowest BCUT2D eigenvalue weighted by molar-refractivity contribution is -0.385. The van der Waals surface area contributed by atoms with Gasteiger partial charge in [0.05, 0.1) is 12.0 Å². The summed E-state index contributed by atoms with van der Waals surface area (Å²) in [5, 5.41) is 16.5. The van der Waals surface area contributed by atoms with E-state index in [4.69, 9.17) is 16.3 Å². The van der Waals surface area contributed by atoms with Crippen molar-refractivity contribution in [2.24, 2.45) is 0 Å². The summed E-state index contributed by atoms with van der Waals surface area (Å²) in [7, 11) is 1.25. The lowest BCUT2D eigenvalue weighted by Crippen LogP contribution is -2.28. The highest BCUT2D eigenvalue weighted by Crippen LogP contribution is 2.23. The molecule has 0 aromatic carbocycles. The number of hydrogen-bond donors (Lipinski definition) is 1. The standard InChI is InChI=1S/C10H13ClN4O5/c1-20-10-7(15(18)19)5-14(13-10)6-9(17)12-4-2-3-8(11)16/h5H,2-4,6H2,1H3,(H,12,17). The highest BCUT2D eigenvalue weighted by Gasteiger charge is 2.20. The van der Waals surface area contributed by atoms with Crippen LogP contribution in [0.4, 0.5) is 5.69 Å². The van der Waals surface area contributed by atoms with Gasteiger partial charge in [-0.15, -0.1) is 5.10 Å². The largest absolute Gasteiger partial charge is 0.475 e. The van der Waals surface area contributed by atoms with Crippen LogP contribution < -0.4 is 10.1 Å². The van der Waals surface area contributed by atoms with Gasteiger partial charge in [0, 0.05) is 13.0 Å². The molecule has 9 nitrogen and oxygen atoms in total. The van der Waals surface area contributed by atoms with Crippen molar-refractivity contribution in [3.8, 4) is 5.88 Å². The van der Waals surface area contributed by atoms with Gasteiger partial charge in [-0.1, -0.05) is 0 Å². The van der Waals surface area contributed by atoms with Crippen molar-refractivity contribution in [1.82, 2.24) is 15.1 Å². The van der Waals surface area contributed by atoms with Crippen LogP contribution >= 0.6 is 11.6 Å². The van der Waals surface area contributed by atoms with Gasteiger partial charge in [-0.3, -0.25) is 24.4 Å². The first-order chi connectivity index (χ1) is 9.43. The molecule has 0 unspecified atom stereocenters. The van der Waals surface area contributed by atoms with Crippen molar-refractivity contribution in [2.45, 2.75) is 19.4 Å². The van der Waals surface area contributed by atoms with Gasteiger partial charge < -0.3 is 10.1 Å². The second kappa shape index (κ2) is 7.43. The fourth-order valence-electron chi connectivity index (χ4n) is 1.40. The number of aromatic nitrogens is 2. The van der Waals surface area contributed by atoms with Gasteiger partial charge in [0.1, 0.15) is 12.7 Å². The van der Waals surface area contributed by atoms with E-state index in [9.17, 15) is 19.7 Å². The summed E-state index contributed by atoms with van der Waals surface area (Å²) in [4.78, 5) is 32.0. The number of halogens is 1. The molecule has 0 saturated heterocycles. The number of hydrogen-bond acceptors (Lipinski definition) is 6. The number of nitrogens with zero attached hydrogens (tertiary/aromatic N) is 3. The minimum atomic E-state index is -0.647. The van der Waals surface area contributed by atoms with Crippen molar-refractivity contribution in [2.75, 3.05) is 13.7 Å². The predicted octanol–water partition coefficient (Wildman–Crippen LogP) is 0.462.